The maximum atomic E-state index is 11.9. The van der Waals surface area contributed by atoms with Gasteiger partial charge in [0.2, 0.25) is 10.0 Å². The van der Waals surface area contributed by atoms with Crippen molar-refractivity contribution in [1.82, 2.24) is 4.72 Å². The molecular formula is C12H16N2O6S. The molecule has 116 valence electrons. The maximum absolute atomic E-state index is 11.9. The normalized spacial score (nSPS) is 11.0. The van der Waals surface area contributed by atoms with E-state index in [1.807, 2.05) is 0 Å². The fourth-order valence-electron chi connectivity index (χ4n) is 1.50. The summed E-state index contributed by atoms with van der Waals surface area (Å²) in [4.78, 5) is 20.8. The molecule has 0 spiro atoms. The highest BCUT2D eigenvalue weighted by Crippen LogP contribution is 2.11. The number of aliphatic carboxylic acids is 1. The minimum absolute atomic E-state index is 0.0190. The number of primary amides is 1. The van der Waals surface area contributed by atoms with E-state index < -0.39 is 22.1 Å². The fourth-order valence-corrected chi connectivity index (χ4v) is 2.51. The zero-order valence-electron chi connectivity index (χ0n) is 11.1. The third kappa shape index (κ3) is 6.23. The van der Waals surface area contributed by atoms with Crippen LogP contribution in [0.1, 0.15) is 12.0 Å². The second kappa shape index (κ2) is 7.60. The molecule has 0 aliphatic rings. The van der Waals surface area contributed by atoms with E-state index in [0.717, 1.165) is 5.56 Å². The van der Waals surface area contributed by atoms with Gasteiger partial charge >= 0.3 is 12.1 Å². The molecule has 1 aromatic rings. The summed E-state index contributed by atoms with van der Waals surface area (Å²) in [5, 5.41) is 8.57. The molecule has 21 heavy (non-hydrogen) atoms. The minimum atomic E-state index is -3.70. The van der Waals surface area contributed by atoms with Gasteiger partial charge in [0.05, 0.1) is 4.90 Å². The molecule has 0 saturated carbocycles. The maximum Gasteiger partial charge on any atom is 0.404 e. The lowest BCUT2D eigenvalue weighted by molar-refractivity contribution is -0.136. The zero-order chi connectivity index (χ0) is 15.9. The van der Waals surface area contributed by atoms with Crippen LogP contribution in [0, 0.1) is 0 Å². The summed E-state index contributed by atoms with van der Waals surface area (Å²) in [5.41, 5.74) is 5.47. The quantitative estimate of drug-likeness (QED) is 0.581. The molecule has 1 amide bonds. The van der Waals surface area contributed by atoms with Crippen molar-refractivity contribution in [2.45, 2.75) is 17.7 Å². The van der Waals surface area contributed by atoms with Crippen molar-refractivity contribution >= 4 is 22.1 Å². The molecule has 0 atom stereocenters. The summed E-state index contributed by atoms with van der Waals surface area (Å²) in [6, 6.07) is 5.87. The van der Waals surface area contributed by atoms with Crippen molar-refractivity contribution in [2.75, 3.05) is 13.2 Å². The van der Waals surface area contributed by atoms with Crippen LogP contribution in [-0.4, -0.2) is 38.7 Å². The number of carbonyl (C=O) groups is 2. The molecule has 1 aromatic carbocycles. The summed E-state index contributed by atoms with van der Waals surface area (Å²) in [7, 11) is -3.70. The molecule has 8 nitrogen and oxygen atoms in total. The lowest BCUT2D eigenvalue weighted by Gasteiger charge is -2.07. The molecule has 0 saturated heterocycles. The van der Waals surface area contributed by atoms with Crippen LogP contribution in [0.3, 0.4) is 0 Å². The number of rotatable bonds is 8. The van der Waals surface area contributed by atoms with Crippen LogP contribution in [0.25, 0.3) is 0 Å². The van der Waals surface area contributed by atoms with Gasteiger partial charge in [-0.3, -0.25) is 4.79 Å². The van der Waals surface area contributed by atoms with E-state index in [1.165, 1.54) is 12.1 Å². The molecule has 0 aromatic heterocycles. The smallest absolute Gasteiger partial charge is 0.404 e. The Labute approximate surface area is 122 Å². The first-order valence-corrected chi connectivity index (χ1v) is 7.52. The van der Waals surface area contributed by atoms with Crippen LogP contribution in [0.15, 0.2) is 29.2 Å². The third-order valence-corrected chi connectivity index (χ3v) is 3.98. The van der Waals surface area contributed by atoms with Crippen molar-refractivity contribution < 1.29 is 27.9 Å². The molecular weight excluding hydrogens is 300 g/mol. The number of amides is 1. The van der Waals surface area contributed by atoms with Gasteiger partial charge in [-0.25, -0.2) is 17.9 Å². The van der Waals surface area contributed by atoms with Gasteiger partial charge in [0.25, 0.3) is 0 Å². The molecule has 0 fully saturated rings. The first-order valence-electron chi connectivity index (χ1n) is 6.04. The first-order chi connectivity index (χ1) is 9.81. The van der Waals surface area contributed by atoms with Crippen LogP contribution in [-0.2, 0) is 26.0 Å². The van der Waals surface area contributed by atoms with Crippen LogP contribution >= 0.6 is 0 Å². The second-order valence-electron chi connectivity index (χ2n) is 4.10. The topological polar surface area (TPSA) is 136 Å². The zero-order valence-corrected chi connectivity index (χ0v) is 11.9. The number of ether oxygens (including phenoxy) is 1. The van der Waals surface area contributed by atoms with Gasteiger partial charge < -0.3 is 15.6 Å². The number of carboxylic acids is 1. The lowest BCUT2D eigenvalue weighted by Crippen LogP contribution is -2.29. The Morgan fingerprint density at radius 1 is 1.24 bits per heavy atom. The number of nitrogens with one attached hydrogen (secondary N) is 1. The molecule has 1 rings (SSSR count). The molecule has 0 heterocycles. The Hall–Kier alpha value is -2.13. The van der Waals surface area contributed by atoms with E-state index >= 15 is 0 Å². The number of benzene rings is 1. The number of hydrogen-bond donors (Lipinski definition) is 3. The van der Waals surface area contributed by atoms with Crippen molar-refractivity contribution in [3.8, 4) is 0 Å². The van der Waals surface area contributed by atoms with E-state index in [2.05, 4.69) is 9.46 Å². The summed E-state index contributed by atoms with van der Waals surface area (Å²) in [6.07, 6.45) is -0.665. The highest BCUT2D eigenvalue weighted by molar-refractivity contribution is 7.89. The largest absolute Gasteiger partial charge is 0.481 e. The monoisotopic (exact) mass is 316 g/mol. The van der Waals surface area contributed by atoms with E-state index in [9.17, 15) is 18.0 Å². The summed E-state index contributed by atoms with van der Waals surface area (Å²) in [6.45, 7) is -0.253. The number of nitrogens with two attached hydrogens (primary N) is 1. The number of carbonyl (C=O) groups excluding carboxylic acids is 1. The van der Waals surface area contributed by atoms with Gasteiger partial charge in [-0.1, -0.05) is 12.1 Å². The average Bonchev–Trinajstić information content (AvgIpc) is 2.41. The average molecular weight is 316 g/mol. The predicted octanol–water partition coefficient (Wildman–Crippen LogP) is 0.0774. The molecule has 0 aliphatic carbocycles. The van der Waals surface area contributed by atoms with Crippen molar-refractivity contribution in [2.24, 2.45) is 5.73 Å². The SMILES string of the molecule is NC(=O)OCCNS(=O)(=O)c1ccc(CCC(=O)O)cc1. The van der Waals surface area contributed by atoms with E-state index in [1.54, 1.807) is 12.1 Å². The minimum Gasteiger partial charge on any atom is -0.481 e. The summed E-state index contributed by atoms with van der Waals surface area (Å²) >= 11 is 0. The Kier molecular flexibility index (Phi) is 6.12. The number of aryl methyl sites for hydroxylation is 1. The van der Waals surface area contributed by atoms with E-state index in [0.29, 0.717) is 6.42 Å². The van der Waals surface area contributed by atoms with Gasteiger partial charge in [0.15, 0.2) is 0 Å². The lowest BCUT2D eigenvalue weighted by atomic mass is 10.1. The first kappa shape index (κ1) is 16.9. The van der Waals surface area contributed by atoms with Gasteiger partial charge in [0.1, 0.15) is 6.61 Å². The Morgan fingerprint density at radius 2 is 1.86 bits per heavy atom. The summed E-state index contributed by atoms with van der Waals surface area (Å²) in [5.74, 6) is -0.914. The Balaban J connectivity index is 2.58. The fraction of sp³-hybridized carbons (Fsp3) is 0.333. The molecule has 0 unspecified atom stereocenters. The number of hydrogen-bond acceptors (Lipinski definition) is 5. The van der Waals surface area contributed by atoms with Gasteiger partial charge in [-0.05, 0) is 24.1 Å². The molecule has 4 N–H and O–H groups in total. The predicted molar refractivity (Wildman–Crippen MR) is 73.1 cm³/mol. The Morgan fingerprint density at radius 3 is 2.38 bits per heavy atom. The molecule has 0 aliphatic heterocycles. The Bertz CT molecular complexity index is 597. The number of carboxylic acid groups (broad SMARTS) is 1. The van der Waals surface area contributed by atoms with E-state index in [-0.39, 0.29) is 24.5 Å². The van der Waals surface area contributed by atoms with Gasteiger partial charge in [-0.15, -0.1) is 0 Å². The highest BCUT2D eigenvalue weighted by atomic mass is 32.2. The van der Waals surface area contributed by atoms with Gasteiger partial charge in [0, 0.05) is 13.0 Å². The van der Waals surface area contributed by atoms with Crippen molar-refractivity contribution in [3.63, 3.8) is 0 Å². The molecule has 0 bridgehead atoms. The molecule has 0 radical (unpaired) electrons. The van der Waals surface area contributed by atoms with Crippen LogP contribution in [0.2, 0.25) is 0 Å². The third-order valence-electron chi connectivity index (χ3n) is 2.50. The van der Waals surface area contributed by atoms with Crippen LogP contribution in [0.5, 0.6) is 0 Å². The van der Waals surface area contributed by atoms with E-state index in [4.69, 9.17) is 10.8 Å². The highest BCUT2D eigenvalue weighted by Gasteiger charge is 2.13. The van der Waals surface area contributed by atoms with Crippen LogP contribution < -0.4 is 10.5 Å². The van der Waals surface area contributed by atoms with Crippen LogP contribution in [0.4, 0.5) is 4.79 Å². The second-order valence-corrected chi connectivity index (χ2v) is 5.87. The van der Waals surface area contributed by atoms with Gasteiger partial charge in [-0.2, -0.15) is 0 Å². The molecule has 9 heteroatoms. The summed E-state index contributed by atoms with van der Waals surface area (Å²) < 4.78 is 30.4. The standard InChI is InChI=1S/C12H16N2O6S/c13-12(17)20-8-7-14-21(18,19)10-4-1-9(2-5-10)3-6-11(15)16/h1-2,4-5,14H,3,6-8H2,(H2,13,17)(H,15,16). The van der Waals surface area contributed by atoms with Crippen molar-refractivity contribution in [1.29, 1.82) is 0 Å². The van der Waals surface area contributed by atoms with Crippen molar-refractivity contribution in [3.05, 3.63) is 29.8 Å². The number of sulfonamides is 1.